The van der Waals surface area contributed by atoms with Crippen LogP contribution in [-0.4, -0.2) is 11.5 Å². The Morgan fingerprint density at radius 1 is 1.25 bits per heavy atom. The molecule has 0 saturated carbocycles. The summed E-state index contributed by atoms with van der Waals surface area (Å²) in [6.07, 6.45) is 5.91. The molecule has 20 heavy (non-hydrogen) atoms. The van der Waals surface area contributed by atoms with Crippen molar-refractivity contribution in [2.24, 2.45) is 0 Å². The number of rotatable bonds is 6. The molecule has 2 rings (SSSR count). The van der Waals surface area contributed by atoms with E-state index in [2.05, 4.69) is 71.0 Å². The zero-order chi connectivity index (χ0) is 14.4. The lowest BCUT2D eigenvalue weighted by molar-refractivity contribution is 0.526. The van der Waals surface area contributed by atoms with Crippen molar-refractivity contribution in [3.63, 3.8) is 0 Å². The highest BCUT2D eigenvalue weighted by molar-refractivity contribution is 14.1. The van der Waals surface area contributed by atoms with Crippen molar-refractivity contribution in [2.45, 2.75) is 32.7 Å². The van der Waals surface area contributed by atoms with Crippen LogP contribution in [0.1, 0.15) is 36.1 Å². The third-order valence-corrected chi connectivity index (χ3v) is 4.87. The van der Waals surface area contributed by atoms with E-state index >= 15 is 0 Å². The second kappa shape index (κ2) is 7.74. The summed E-state index contributed by atoms with van der Waals surface area (Å²) in [6.45, 7) is 5.41. The first-order valence-electron chi connectivity index (χ1n) is 7.09. The molecule has 0 fully saturated rings. The molecule has 1 N–H and O–H groups in total. The van der Waals surface area contributed by atoms with Gasteiger partial charge in [0.25, 0.3) is 0 Å². The van der Waals surface area contributed by atoms with Gasteiger partial charge in [-0.3, -0.25) is 4.98 Å². The Bertz CT molecular complexity index is 540. The minimum Gasteiger partial charge on any atom is -0.310 e. The van der Waals surface area contributed by atoms with Gasteiger partial charge in [0.2, 0.25) is 0 Å². The summed E-state index contributed by atoms with van der Waals surface area (Å²) in [5.41, 5.74) is 4.01. The molecule has 1 atom stereocenters. The Hall–Kier alpha value is -0.940. The summed E-state index contributed by atoms with van der Waals surface area (Å²) in [7, 11) is 0. The minimum atomic E-state index is 0.353. The molecule has 2 aromatic rings. The summed E-state index contributed by atoms with van der Waals surface area (Å²) >= 11 is 2.46. The Balaban J connectivity index is 2.25. The van der Waals surface area contributed by atoms with E-state index in [1.165, 1.54) is 20.3 Å². The van der Waals surface area contributed by atoms with Crippen LogP contribution in [0.15, 0.2) is 42.7 Å². The van der Waals surface area contributed by atoms with Crippen molar-refractivity contribution in [1.29, 1.82) is 0 Å². The fourth-order valence-electron chi connectivity index (χ4n) is 2.30. The third-order valence-electron chi connectivity index (χ3n) is 3.40. The molecule has 0 spiro atoms. The smallest absolute Gasteiger partial charge is 0.0372 e. The SMILES string of the molecule is CCCNC(Cc1cccnc1)c1cccc(C)c1I. The summed E-state index contributed by atoms with van der Waals surface area (Å²) in [5, 5.41) is 3.67. The molecule has 0 aliphatic carbocycles. The lowest BCUT2D eigenvalue weighted by atomic mass is 9.98. The molecule has 0 aliphatic rings. The van der Waals surface area contributed by atoms with Gasteiger partial charge in [-0.15, -0.1) is 0 Å². The summed E-state index contributed by atoms with van der Waals surface area (Å²) in [6, 6.07) is 11.1. The molecule has 0 bridgehead atoms. The number of nitrogens with one attached hydrogen (secondary N) is 1. The molecule has 106 valence electrons. The van der Waals surface area contributed by atoms with E-state index in [0.717, 1.165) is 19.4 Å². The first kappa shape index (κ1) is 15.4. The number of halogens is 1. The lowest BCUT2D eigenvalue weighted by Gasteiger charge is -2.21. The second-order valence-corrected chi connectivity index (χ2v) is 6.13. The molecule has 3 heteroatoms. The number of hydrogen-bond donors (Lipinski definition) is 1. The molecular weight excluding hydrogens is 359 g/mol. The normalized spacial score (nSPS) is 12.3. The molecule has 0 amide bonds. The van der Waals surface area contributed by atoms with Gasteiger partial charge < -0.3 is 5.32 Å². The van der Waals surface area contributed by atoms with Crippen molar-refractivity contribution in [1.82, 2.24) is 10.3 Å². The minimum absolute atomic E-state index is 0.353. The number of pyridine rings is 1. The van der Waals surface area contributed by atoms with Crippen molar-refractivity contribution in [2.75, 3.05) is 6.54 Å². The average molecular weight is 380 g/mol. The number of aromatic nitrogens is 1. The van der Waals surface area contributed by atoms with E-state index in [1.807, 2.05) is 18.5 Å². The van der Waals surface area contributed by atoms with E-state index < -0.39 is 0 Å². The molecule has 0 aliphatic heterocycles. The summed E-state index contributed by atoms with van der Waals surface area (Å²) in [4.78, 5) is 4.22. The number of benzene rings is 1. The molecule has 1 heterocycles. The van der Waals surface area contributed by atoms with E-state index in [9.17, 15) is 0 Å². The van der Waals surface area contributed by atoms with Crippen LogP contribution in [0.5, 0.6) is 0 Å². The van der Waals surface area contributed by atoms with Gasteiger partial charge in [-0.25, -0.2) is 0 Å². The maximum Gasteiger partial charge on any atom is 0.0372 e. The van der Waals surface area contributed by atoms with E-state index in [-0.39, 0.29) is 0 Å². The van der Waals surface area contributed by atoms with Crippen LogP contribution in [0.2, 0.25) is 0 Å². The fraction of sp³-hybridized carbons (Fsp3) is 0.353. The monoisotopic (exact) mass is 380 g/mol. The van der Waals surface area contributed by atoms with Crippen LogP contribution >= 0.6 is 22.6 Å². The fourth-order valence-corrected chi connectivity index (χ4v) is 3.04. The van der Waals surface area contributed by atoms with Crippen LogP contribution in [-0.2, 0) is 6.42 Å². The summed E-state index contributed by atoms with van der Waals surface area (Å²) in [5.74, 6) is 0. The van der Waals surface area contributed by atoms with Crippen molar-refractivity contribution < 1.29 is 0 Å². The quantitative estimate of drug-likeness (QED) is 0.757. The third kappa shape index (κ3) is 4.03. The van der Waals surface area contributed by atoms with Crippen LogP contribution in [0.4, 0.5) is 0 Å². The molecular formula is C17H21IN2. The maximum absolute atomic E-state index is 4.22. The first-order valence-corrected chi connectivity index (χ1v) is 8.17. The molecule has 1 aromatic carbocycles. The van der Waals surface area contributed by atoms with Crippen LogP contribution in [0.25, 0.3) is 0 Å². The highest BCUT2D eigenvalue weighted by atomic mass is 127. The predicted molar refractivity (Wildman–Crippen MR) is 92.9 cm³/mol. The maximum atomic E-state index is 4.22. The number of nitrogens with zero attached hydrogens (tertiary/aromatic N) is 1. The van der Waals surface area contributed by atoms with Gasteiger partial charge in [-0.05, 0) is 71.7 Å². The van der Waals surface area contributed by atoms with E-state index in [4.69, 9.17) is 0 Å². The molecule has 1 aromatic heterocycles. The Morgan fingerprint density at radius 3 is 2.80 bits per heavy atom. The van der Waals surface area contributed by atoms with Gasteiger partial charge in [0.05, 0.1) is 0 Å². The molecule has 2 nitrogen and oxygen atoms in total. The van der Waals surface area contributed by atoms with Crippen molar-refractivity contribution in [3.05, 3.63) is 63.0 Å². The van der Waals surface area contributed by atoms with Crippen LogP contribution in [0, 0.1) is 10.5 Å². The van der Waals surface area contributed by atoms with Gasteiger partial charge in [-0.2, -0.15) is 0 Å². The second-order valence-electron chi connectivity index (χ2n) is 5.05. The van der Waals surface area contributed by atoms with Crippen molar-refractivity contribution >= 4 is 22.6 Å². The van der Waals surface area contributed by atoms with Gasteiger partial charge >= 0.3 is 0 Å². The average Bonchev–Trinajstić information content (AvgIpc) is 2.48. The largest absolute Gasteiger partial charge is 0.310 e. The first-order chi connectivity index (χ1) is 9.72. The standard InChI is InChI=1S/C17H21IN2/c1-3-9-20-16(11-14-7-5-10-19-12-14)15-8-4-6-13(2)17(15)18/h4-8,10,12,16,20H,3,9,11H2,1-2H3. The highest BCUT2D eigenvalue weighted by Gasteiger charge is 2.15. The van der Waals surface area contributed by atoms with Gasteiger partial charge in [0.1, 0.15) is 0 Å². The van der Waals surface area contributed by atoms with Crippen LogP contribution in [0.3, 0.4) is 0 Å². The number of aryl methyl sites for hydroxylation is 1. The highest BCUT2D eigenvalue weighted by Crippen LogP contribution is 2.25. The Kier molecular flexibility index (Phi) is 5.98. The molecule has 0 radical (unpaired) electrons. The topological polar surface area (TPSA) is 24.9 Å². The van der Waals surface area contributed by atoms with E-state index in [0.29, 0.717) is 6.04 Å². The number of hydrogen-bond acceptors (Lipinski definition) is 2. The molecule has 0 saturated heterocycles. The van der Waals surface area contributed by atoms with E-state index in [1.54, 1.807) is 0 Å². The van der Waals surface area contributed by atoms with Crippen LogP contribution < -0.4 is 5.32 Å². The zero-order valence-electron chi connectivity index (χ0n) is 12.1. The Morgan fingerprint density at radius 2 is 2.10 bits per heavy atom. The Labute approximate surface area is 135 Å². The van der Waals surface area contributed by atoms with Crippen molar-refractivity contribution in [3.8, 4) is 0 Å². The van der Waals surface area contributed by atoms with Gasteiger partial charge in [0.15, 0.2) is 0 Å². The zero-order valence-corrected chi connectivity index (χ0v) is 14.2. The summed E-state index contributed by atoms with van der Waals surface area (Å²) < 4.78 is 1.36. The van der Waals surface area contributed by atoms with Gasteiger partial charge in [-0.1, -0.05) is 31.2 Å². The predicted octanol–water partition coefficient (Wildman–Crippen LogP) is 4.28. The van der Waals surface area contributed by atoms with Gasteiger partial charge in [0, 0.05) is 22.0 Å². The molecule has 1 unspecified atom stereocenters. The lowest BCUT2D eigenvalue weighted by Crippen LogP contribution is -2.25.